The first kappa shape index (κ1) is 108. The zero-order chi connectivity index (χ0) is 66.0. The summed E-state index contributed by atoms with van der Waals surface area (Å²) in [5.74, 6) is 3.76. The van der Waals surface area contributed by atoms with Crippen molar-refractivity contribution in [3.05, 3.63) is 64.7 Å². The summed E-state index contributed by atoms with van der Waals surface area (Å²) in [6.45, 7) is 35.5. The van der Waals surface area contributed by atoms with Gasteiger partial charge in [0.15, 0.2) is 11.2 Å². The van der Waals surface area contributed by atoms with Crippen LogP contribution in [0.3, 0.4) is 0 Å². The highest BCUT2D eigenvalue weighted by Crippen LogP contribution is 2.62. The summed E-state index contributed by atoms with van der Waals surface area (Å²) in [4.78, 5) is 47.5. The number of benzene rings is 2. The predicted octanol–water partition coefficient (Wildman–Crippen LogP) is 24.0. The molecule has 0 amide bonds. The van der Waals surface area contributed by atoms with Crippen LogP contribution in [0.25, 0.3) is 0 Å². The third kappa shape index (κ3) is 26.3. The minimum Gasteiger partial charge on any atom is -0.508 e. The number of halogens is 6. The van der Waals surface area contributed by atoms with Gasteiger partial charge in [-0.1, -0.05) is 175 Å². The molecule has 8 rings (SSSR count). The van der Waals surface area contributed by atoms with E-state index in [1.807, 2.05) is 53.7 Å². The molecule has 0 spiro atoms. The number of alkyl halides is 6. The lowest BCUT2D eigenvalue weighted by Gasteiger charge is -2.62. The molecule has 2 aromatic rings. The molecule has 6 aliphatic rings. The van der Waals surface area contributed by atoms with E-state index in [0.717, 1.165) is 56.1 Å². The first-order valence-corrected chi connectivity index (χ1v) is 31.8. The molecule has 5 unspecified atom stereocenters. The molecule has 17 heteroatoms. The number of ether oxygens (including phenoxy) is 4. The number of carbonyl (C=O) groups is 4. The number of hydrogen-bond donors (Lipinski definition) is 3. The molecule has 2 aromatic carbocycles. The van der Waals surface area contributed by atoms with Gasteiger partial charge in [0, 0.05) is 6.42 Å². The van der Waals surface area contributed by atoms with Crippen molar-refractivity contribution in [1.29, 1.82) is 0 Å². The Morgan fingerprint density at radius 3 is 1.20 bits per heavy atom. The monoisotopic (exact) mass is 1390 g/mol. The number of hydrogen-bond acceptors (Lipinski definition) is 11. The fourth-order valence-electron chi connectivity index (χ4n) is 11.9. The van der Waals surface area contributed by atoms with Crippen LogP contribution in [0.2, 0.25) is 0 Å². The second kappa shape index (κ2) is 42.7. The van der Waals surface area contributed by atoms with Crippen molar-refractivity contribution in [2.75, 3.05) is 6.61 Å². The van der Waals surface area contributed by atoms with Crippen LogP contribution in [0.5, 0.6) is 5.75 Å². The Kier molecular flexibility index (Phi) is 47.8. The largest absolute Gasteiger partial charge is 0.508 e. The average molecular weight is 1390 g/mol. The Morgan fingerprint density at radius 2 is 0.885 bits per heavy atom. The molecule has 96 heavy (non-hydrogen) atoms. The quantitative estimate of drug-likeness (QED) is 0.0784. The van der Waals surface area contributed by atoms with Crippen molar-refractivity contribution in [2.24, 2.45) is 51.8 Å². The van der Waals surface area contributed by atoms with E-state index in [0.29, 0.717) is 81.1 Å². The lowest BCUT2D eigenvalue weighted by atomic mass is 9.47. The Balaban J connectivity index is -0.000000167. The lowest BCUT2D eigenvalue weighted by molar-refractivity contribution is -0.261. The maximum Gasteiger partial charge on any atom is 0.421 e. The Bertz CT molecular complexity index is 2430. The van der Waals surface area contributed by atoms with Gasteiger partial charge in [0.1, 0.15) is 17.0 Å². The van der Waals surface area contributed by atoms with E-state index >= 15 is 0 Å². The SMILES string of the molecule is C.C.C.C.C.C.C.C.C.C.CCC(C)(C)C(=O)OC1(C(C)C)C2CC3CC(C2)CC1C3.CCC(C)(C)C(=O)OC1(C(C)C)CCCC1.CCC(C)(C)C(=O)OC1CCOC1=O.CCC(C)c1cc(C(C)(O)C(F)(F)F)cc(C(C)(O)C(F)(F)F)c1.CCC(C)c1ccc(O)cc1. The van der Waals surface area contributed by atoms with Crippen LogP contribution in [-0.2, 0) is 49.3 Å². The molecular formula is C79H148F6O11. The van der Waals surface area contributed by atoms with Gasteiger partial charge in [0.2, 0.25) is 6.10 Å². The minimum absolute atomic E-state index is 0. The van der Waals surface area contributed by atoms with E-state index < -0.39 is 52.2 Å². The van der Waals surface area contributed by atoms with Gasteiger partial charge in [-0.15, -0.1) is 0 Å². The zero-order valence-corrected chi connectivity index (χ0v) is 55.4. The van der Waals surface area contributed by atoms with Crippen LogP contribution in [-0.4, -0.2) is 75.5 Å². The van der Waals surface area contributed by atoms with Crippen molar-refractivity contribution in [3.8, 4) is 5.75 Å². The Morgan fingerprint density at radius 1 is 0.531 bits per heavy atom. The van der Waals surface area contributed by atoms with Crippen LogP contribution in [0.4, 0.5) is 26.3 Å². The first-order chi connectivity index (χ1) is 39.4. The fraction of sp³-hybridized carbons (Fsp3) is 0.797. The second-order valence-electron chi connectivity index (χ2n) is 28.3. The van der Waals surface area contributed by atoms with E-state index in [4.69, 9.17) is 24.1 Å². The van der Waals surface area contributed by atoms with Crippen molar-refractivity contribution < 1.29 is 79.8 Å². The van der Waals surface area contributed by atoms with Crippen molar-refractivity contribution in [2.45, 2.75) is 355 Å². The van der Waals surface area contributed by atoms with Crippen LogP contribution < -0.4 is 0 Å². The van der Waals surface area contributed by atoms with E-state index in [1.165, 1.54) is 50.5 Å². The van der Waals surface area contributed by atoms with Gasteiger partial charge < -0.3 is 34.3 Å². The standard InChI is InChI=1S/C19H32O2.C16H20F6O2.C14H26O2.C10H16O4.C10H14O.10CH4/c1-6-18(4,5)17(20)21-19(12(2)3)15-8-13-7-14(10-15)11-16(19)9-13;1-5-9(2)10-6-11(13(3,23)15(17,18)19)8-12(7-10)14(4,24)16(20,21)22;1-6-13(4,5)12(15)16-14(11(2)3)9-7-8-10-14;1-4-10(2,3)9(12)14-7-5-6-13-8(7)11;1-3-8(2)9-4-6-10(11)7-5-9;;;;;;;;;;/h12-16H,6-11H2,1-5H3;6-9,23-24H,5H2,1-4H3;11H,6-10H2,1-5H3;7H,4-6H2,1-3H3;4-8,11H,3H2,1-2H3;10*1H4. The fourth-order valence-corrected chi connectivity index (χ4v) is 11.9. The number of carbonyl (C=O) groups excluding carboxylic acids is 4. The van der Waals surface area contributed by atoms with Crippen LogP contribution in [0.15, 0.2) is 42.5 Å². The second-order valence-corrected chi connectivity index (χ2v) is 28.3. The van der Waals surface area contributed by atoms with Gasteiger partial charge in [-0.3, -0.25) is 14.4 Å². The van der Waals surface area contributed by atoms with E-state index in [9.17, 15) is 55.7 Å². The maximum atomic E-state index is 13.1. The summed E-state index contributed by atoms with van der Waals surface area (Å²) in [5, 5.41) is 28.6. The van der Waals surface area contributed by atoms with Gasteiger partial charge >= 0.3 is 36.2 Å². The number of phenols is 1. The smallest absolute Gasteiger partial charge is 0.421 e. The highest BCUT2D eigenvalue weighted by atomic mass is 19.4. The normalized spacial score (nSPS) is 22.0. The molecule has 6 fully saturated rings. The number of aliphatic hydroxyl groups is 2. The summed E-state index contributed by atoms with van der Waals surface area (Å²) in [6.07, 6.45) is 4.69. The predicted molar refractivity (Wildman–Crippen MR) is 391 cm³/mol. The average Bonchev–Trinajstić information content (AvgIpc) is 0.874. The molecule has 572 valence electrons. The minimum atomic E-state index is -5.08. The van der Waals surface area contributed by atoms with Gasteiger partial charge in [-0.25, -0.2) is 4.79 Å². The number of aromatic hydroxyl groups is 1. The molecule has 5 atom stereocenters. The highest BCUT2D eigenvalue weighted by molar-refractivity contribution is 5.82. The Labute approximate surface area is 584 Å². The summed E-state index contributed by atoms with van der Waals surface area (Å²) >= 11 is 0. The van der Waals surface area contributed by atoms with Crippen LogP contribution in [0, 0.1) is 51.8 Å². The van der Waals surface area contributed by atoms with Gasteiger partial charge in [-0.2, -0.15) is 26.3 Å². The molecule has 5 aliphatic carbocycles. The molecule has 1 saturated heterocycles. The first-order valence-electron chi connectivity index (χ1n) is 31.8. The molecule has 3 N–H and O–H groups in total. The van der Waals surface area contributed by atoms with E-state index in [2.05, 4.69) is 48.5 Å². The molecule has 1 aliphatic heterocycles. The summed E-state index contributed by atoms with van der Waals surface area (Å²) in [7, 11) is 0. The molecular weight excluding hydrogens is 1240 g/mol. The maximum absolute atomic E-state index is 13.1. The molecule has 0 radical (unpaired) electrons. The number of phenolic OH excluding ortho intramolecular Hbond substituents is 1. The van der Waals surface area contributed by atoms with Crippen molar-refractivity contribution >= 4 is 23.9 Å². The summed E-state index contributed by atoms with van der Waals surface area (Å²) in [5.41, 5.74) is -8.26. The lowest BCUT2D eigenvalue weighted by Crippen LogP contribution is -2.63. The molecule has 0 aromatic heterocycles. The molecule has 11 nitrogen and oxygen atoms in total. The van der Waals surface area contributed by atoms with Crippen LogP contribution >= 0.6 is 0 Å². The molecule has 5 saturated carbocycles. The van der Waals surface area contributed by atoms with Gasteiger partial charge in [0.25, 0.3) is 0 Å². The molecule has 1 heterocycles. The summed E-state index contributed by atoms with van der Waals surface area (Å²) < 4.78 is 100. The van der Waals surface area contributed by atoms with E-state index in [1.54, 1.807) is 39.8 Å². The number of cyclic esters (lactones) is 1. The highest BCUT2D eigenvalue weighted by Gasteiger charge is 2.62. The van der Waals surface area contributed by atoms with Crippen molar-refractivity contribution in [1.82, 2.24) is 0 Å². The number of rotatable bonds is 17. The Hall–Kier alpha value is -4.38. The van der Waals surface area contributed by atoms with Crippen molar-refractivity contribution in [3.63, 3.8) is 0 Å². The third-order valence-corrected chi connectivity index (χ3v) is 20.3. The zero-order valence-electron chi connectivity index (χ0n) is 55.4. The molecule has 4 bridgehead atoms. The third-order valence-electron chi connectivity index (χ3n) is 20.3. The summed E-state index contributed by atoms with van der Waals surface area (Å²) in [6, 6.07) is 10.0. The topological polar surface area (TPSA) is 166 Å². The number of esters is 4. The van der Waals surface area contributed by atoms with E-state index in [-0.39, 0.29) is 126 Å². The van der Waals surface area contributed by atoms with Gasteiger partial charge in [0.05, 0.1) is 22.9 Å². The van der Waals surface area contributed by atoms with Gasteiger partial charge in [-0.05, 0) is 233 Å². The van der Waals surface area contributed by atoms with Crippen LogP contribution in [0.1, 0.15) is 336 Å².